The Morgan fingerprint density at radius 3 is 2.15 bits per heavy atom. The number of halogens is 2. The Morgan fingerprint density at radius 2 is 1.45 bits per heavy atom. The first-order valence-electron chi connectivity index (χ1n) is 6.85. The normalized spacial score (nSPS) is 10.5. The predicted octanol–water partition coefficient (Wildman–Crippen LogP) is 3.87. The van der Waals surface area contributed by atoms with Gasteiger partial charge in [0.05, 0.1) is 0 Å². The summed E-state index contributed by atoms with van der Waals surface area (Å²) in [5.74, 6) is 3.33. The SMILES string of the molecule is O=C(CCCCl)CCCSSCCNC(=O)CCCCl. The Labute approximate surface area is 139 Å². The van der Waals surface area contributed by atoms with Crippen LogP contribution < -0.4 is 5.32 Å². The quantitative estimate of drug-likeness (QED) is 0.290. The van der Waals surface area contributed by atoms with E-state index in [9.17, 15) is 9.59 Å². The fourth-order valence-corrected chi connectivity index (χ4v) is 3.64. The van der Waals surface area contributed by atoms with E-state index in [2.05, 4.69) is 5.32 Å². The average Bonchev–Trinajstić information content (AvgIpc) is 2.45. The molecule has 0 bridgehead atoms. The standard InChI is InChI=1S/C13H23Cl2NO2S2/c14-7-1-4-12(17)5-3-10-19-20-11-9-16-13(18)6-2-8-15/h1-11H2,(H,16,18). The van der Waals surface area contributed by atoms with Crippen LogP contribution in [0.2, 0.25) is 0 Å². The first-order valence-corrected chi connectivity index (χ1v) is 10.4. The highest BCUT2D eigenvalue weighted by Gasteiger charge is 2.02. The maximum absolute atomic E-state index is 11.4. The van der Waals surface area contributed by atoms with Gasteiger partial charge < -0.3 is 5.32 Å². The molecule has 1 N–H and O–H groups in total. The van der Waals surface area contributed by atoms with Crippen LogP contribution in [0.1, 0.15) is 38.5 Å². The van der Waals surface area contributed by atoms with Crippen molar-refractivity contribution in [2.45, 2.75) is 38.5 Å². The third kappa shape index (κ3) is 14.8. The zero-order valence-corrected chi connectivity index (χ0v) is 14.8. The second kappa shape index (κ2) is 15.8. The molecule has 1 amide bonds. The number of Topliss-reactive ketones (excluding diaryl/α,β-unsaturated/α-hetero) is 1. The zero-order valence-electron chi connectivity index (χ0n) is 11.7. The number of alkyl halides is 2. The van der Waals surface area contributed by atoms with Gasteiger partial charge in [-0.05, 0) is 19.3 Å². The minimum Gasteiger partial charge on any atom is -0.355 e. The number of ketones is 1. The van der Waals surface area contributed by atoms with Crippen molar-refractivity contribution < 1.29 is 9.59 Å². The highest BCUT2D eigenvalue weighted by Crippen LogP contribution is 2.21. The number of amides is 1. The van der Waals surface area contributed by atoms with E-state index in [0.717, 1.165) is 30.8 Å². The Bertz CT molecular complexity index is 243. The summed E-state index contributed by atoms with van der Waals surface area (Å²) in [6.45, 7) is 0.688. The molecule has 0 saturated carbocycles. The van der Waals surface area contributed by atoms with Gasteiger partial charge in [-0.3, -0.25) is 9.59 Å². The van der Waals surface area contributed by atoms with Gasteiger partial charge in [0.2, 0.25) is 5.91 Å². The van der Waals surface area contributed by atoms with Gasteiger partial charge in [-0.15, -0.1) is 23.2 Å². The van der Waals surface area contributed by atoms with E-state index in [1.54, 1.807) is 21.6 Å². The Hall–Kier alpha value is 0.420. The van der Waals surface area contributed by atoms with Crippen LogP contribution in [0.15, 0.2) is 0 Å². The van der Waals surface area contributed by atoms with E-state index < -0.39 is 0 Å². The molecular weight excluding hydrogens is 337 g/mol. The molecule has 7 heteroatoms. The van der Waals surface area contributed by atoms with Gasteiger partial charge in [0.1, 0.15) is 5.78 Å². The third-order valence-electron chi connectivity index (χ3n) is 2.40. The van der Waals surface area contributed by atoms with Crippen molar-refractivity contribution in [2.24, 2.45) is 0 Å². The fraction of sp³-hybridized carbons (Fsp3) is 0.846. The van der Waals surface area contributed by atoms with Crippen LogP contribution in [0.4, 0.5) is 0 Å². The Kier molecular flexibility index (Phi) is 16.1. The van der Waals surface area contributed by atoms with Crippen LogP contribution in [-0.2, 0) is 9.59 Å². The van der Waals surface area contributed by atoms with Gasteiger partial charge in [0.15, 0.2) is 0 Å². The number of hydrogen-bond acceptors (Lipinski definition) is 4. The third-order valence-corrected chi connectivity index (χ3v) is 5.43. The van der Waals surface area contributed by atoms with Crippen LogP contribution in [0.5, 0.6) is 0 Å². The number of carbonyl (C=O) groups excluding carboxylic acids is 2. The molecule has 0 fully saturated rings. The summed E-state index contributed by atoms with van der Waals surface area (Å²) < 4.78 is 0. The summed E-state index contributed by atoms with van der Waals surface area (Å²) >= 11 is 11.0. The van der Waals surface area contributed by atoms with Crippen molar-refractivity contribution in [3.05, 3.63) is 0 Å². The van der Waals surface area contributed by atoms with Crippen LogP contribution in [0, 0.1) is 0 Å². The molecule has 0 heterocycles. The zero-order chi connectivity index (χ0) is 15.1. The van der Waals surface area contributed by atoms with Gasteiger partial charge in [0, 0.05) is 49.1 Å². The molecule has 0 aliphatic heterocycles. The highest BCUT2D eigenvalue weighted by atomic mass is 35.5. The van der Waals surface area contributed by atoms with E-state index in [4.69, 9.17) is 23.2 Å². The molecular formula is C13H23Cl2NO2S2. The molecule has 0 aromatic carbocycles. The molecule has 20 heavy (non-hydrogen) atoms. The van der Waals surface area contributed by atoms with Crippen molar-refractivity contribution in [1.29, 1.82) is 0 Å². The monoisotopic (exact) mass is 359 g/mol. The van der Waals surface area contributed by atoms with Crippen LogP contribution >= 0.6 is 44.8 Å². The number of rotatable bonds is 14. The van der Waals surface area contributed by atoms with E-state index in [1.165, 1.54) is 0 Å². The van der Waals surface area contributed by atoms with Gasteiger partial charge in [-0.25, -0.2) is 0 Å². The van der Waals surface area contributed by atoms with Crippen LogP contribution in [0.3, 0.4) is 0 Å². The first-order chi connectivity index (χ1) is 9.70. The molecule has 3 nitrogen and oxygen atoms in total. The number of carbonyl (C=O) groups is 2. The number of nitrogens with one attached hydrogen (secondary N) is 1. The predicted molar refractivity (Wildman–Crippen MR) is 92.1 cm³/mol. The molecule has 0 spiro atoms. The van der Waals surface area contributed by atoms with Gasteiger partial charge in [-0.2, -0.15) is 0 Å². The molecule has 0 aromatic rings. The maximum atomic E-state index is 11.4. The molecule has 0 aromatic heterocycles. The van der Waals surface area contributed by atoms with Crippen LogP contribution in [0.25, 0.3) is 0 Å². The first kappa shape index (κ1) is 20.4. The summed E-state index contributed by atoms with van der Waals surface area (Å²) in [5, 5.41) is 2.85. The molecule has 0 aliphatic rings. The molecule has 118 valence electrons. The molecule has 0 aliphatic carbocycles. The van der Waals surface area contributed by atoms with Crippen molar-refractivity contribution in [3.8, 4) is 0 Å². The highest BCUT2D eigenvalue weighted by molar-refractivity contribution is 8.76. The lowest BCUT2D eigenvalue weighted by atomic mass is 10.1. The van der Waals surface area contributed by atoms with Crippen molar-refractivity contribution in [2.75, 3.05) is 29.8 Å². The molecule has 0 atom stereocenters. The largest absolute Gasteiger partial charge is 0.355 e. The summed E-state index contributed by atoms with van der Waals surface area (Å²) in [7, 11) is 3.49. The lowest BCUT2D eigenvalue weighted by Crippen LogP contribution is -2.25. The Morgan fingerprint density at radius 1 is 0.850 bits per heavy atom. The van der Waals surface area contributed by atoms with Crippen molar-refractivity contribution in [1.82, 2.24) is 5.32 Å². The van der Waals surface area contributed by atoms with E-state index in [1.807, 2.05) is 0 Å². The second-order valence-corrected chi connectivity index (χ2v) is 7.68. The van der Waals surface area contributed by atoms with E-state index in [-0.39, 0.29) is 5.91 Å². The molecule has 0 unspecified atom stereocenters. The summed E-state index contributed by atoms with van der Waals surface area (Å²) in [6, 6.07) is 0. The lowest BCUT2D eigenvalue weighted by molar-refractivity contribution is -0.121. The fourth-order valence-electron chi connectivity index (χ4n) is 1.38. The van der Waals surface area contributed by atoms with Crippen LogP contribution in [-0.4, -0.2) is 41.5 Å². The van der Waals surface area contributed by atoms with Gasteiger partial charge >= 0.3 is 0 Å². The molecule has 0 rings (SSSR count). The minimum absolute atomic E-state index is 0.0705. The summed E-state index contributed by atoms with van der Waals surface area (Å²) in [6.07, 6.45) is 4.20. The smallest absolute Gasteiger partial charge is 0.220 e. The summed E-state index contributed by atoms with van der Waals surface area (Å²) in [5.41, 5.74) is 0. The van der Waals surface area contributed by atoms with Crippen molar-refractivity contribution in [3.63, 3.8) is 0 Å². The topological polar surface area (TPSA) is 46.2 Å². The van der Waals surface area contributed by atoms with Gasteiger partial charge in [-0.1, -0.05) is 21.6 Å². The minimum atomic E-state index is 0.0705. The second-order valence-electron chi connectivity index (χ2n) is 4.22. The Balaban J connectivity index is 3.20. The lowest BCUT2D eigenvalue weighted by Gasteiger charge is -2.04. The van der Waals surface area contributed by atoms with Gasteiger partial charge in [0.25, 0.3) is 0 Å². The molecule has 0 saturated heterocycles. The number of hydrogen-bond donors (Lipinski definition) is 1. The summed E-state index contributed by atoms with van der Waals surface area (Å²) in [4.78, 5) is 22.6. The van der Waals surface area contributed by atoms with E-state index >= 15 is 0 Å². The van der Waals surface area contributed by atoms with E-state index in [0.29, 0.717) is 43.4 Å². The maximum Gasteiger partial charge on any atom is 0.220 e. The van der Waals surface area contributed by atoms with Crippen molar-refractivity contribution >= 4 is 56.5 Å². The molecule has 0 radical (unpaired) electrons. The average molecular weight is 360 g/mol.